The number of carbonyl (C=O) groups is 1. The lowest BCUT2D eigenvalue weighted by molar-refractivity contribution is 0.0691. The minimum atomic E-state index is -1.17. The van der Waals surface area contributed by atoms with E-state index in [0.29, 0.717) is 11.1 Å². The molecule has 2 rings (SSSR count). The number of halogens is 2. The molecule has 1 N–H and O–H groups in total. The van der Waals surface area contributed by atoms with Gasteiger partial charge in [-0.25, -0.2) is 4.79 Å². The zero-order valence-corrected chi connectivity index (χ0v) is 9.40. The van der Waals surface area contributed by atoms with Crippen molar-refractivity contribution < 1.29 is 9.90 Å². The Morgan fingerprint density at radius 2 is 1.94 bits per heavy atom. The van der Waals surface area contributed by atoms with E-state index in [1.54, 1.807) is 24.3 Å². The van der Waals surface area contributed by atoms with Gasteiger partial charge in [-0.15, -0.1) is 5.10 Å². The Morgan fingerprint density at radius 1 is 1.31 bits per heavy atom. The first-order chi connectivity index (χ1) is 7.61. The van der Waals surface area contributed by atoms with Crippen molar-refractivity contribution in [3.63, 3.8) is 0 Å². The van der Waals surface area contributed by atoms with Crippen LogP contribution in [0.1, 0.15) is 10.5 Å². The van der Waals surface area contributed by atoms with Crippen LogP contribution < -0.4 is 0 Å². The van der Waals surface area contributed by atoms with Crippen LogP contribution >= 0.6 is 23.4 Å². The Hall–Kier alpha value is -1.52. The second-order valence-electron chi connectivity index (χ2n) is 3.05. The van der Waals surface area contributed by atoms with E-state index in [-0.39, 0.29) is 10.8 Å². The van der Waals surface area contributed by atoms with Crippen LogP contribution in [-0.2, 0) is 0 Å². The van der Waals surface area contributed by atoms with Gasteiger partial charge in [0.2, 0.25) is 0 Å². The minimum Gasteiger partial charge on any atom is -0.476 e. The lowest BCUT2D eigenvalue weighted by Gasteiger charge is -1.99. The Bertz CT molecular complexity index is 537. The van der Waals surface area contributed by atoms with Crippen LogP contribution in [0.2, 0.25) is 5.15 Å². The SMILES string of the molecule is O=C(O)c1nn(Cl)c(Cl)c1-c1ccccc1. The maximum atomic E-state index is 11.0. The molecule has 0 saturated carbocycles. The first kappa shape index (κ1) is 11.0. The van der Waals surface area contributed by atoms with Crippen molar-refractivity contribution in [3.8, 4) is 11.1 Å². The zero-order chi connectivity index (χ0) is 11.7. The molecule has 16 heavy (non-hydrogen) atoms. The molecule has 0 aliphatic heterocycles. The van der Waals surface area contributed by atoms with Crippen molar-refractivity contribution in [3.05, 3.63) is 41.2 Å². The van der Waals surface area contributed by atoms with Crippen molar-refractivity contribution in [2.75, 3.05) is 0 Å². The van der Waals surface area contributed by atoms with E-state index in [9.17, 15) is 4.79 Å². The summed E-state index contributed by atoms with van der Waals surface area (Å²) in [5.74, 6) is -1.17. The highest BCUT2D eigenvalue weighted by Gasteiger charge is 2.22. The van der Waals surface area contributed by atoms with Gasteiger partial charge < -0.3 is 5.11 Å². The molecule has 4 nitrogen and oxygen atoms in total. The molecule has 0 fully saturated rings. The molecule has 0 spiro atoms. The van der Waals surface area contributed by atoms with Crippen LogP contribution in [0.3, 0.4) is 0 Å². The molecule has 0 bridgehead atoms. The molecule has 1 heterocycles. The van der Waals surface area contributed by atoms with E-state index in [2.05, 4.69) is 5.10 Å². The van der Waals surface area contributed by atoms with Crippen molar-refractivity contribution in [2.24, 2.45) is 0 Å². The van der Waals surface area contributed by atoms with Crippen LogP contribution in [0, 0.1) is 0 Å². The summed E-state index contributed by atoms with van der Waals surface area (Å²) >= 11 is 11.5. The predicted molar refractivity (Wildman–Crippen MR) is 60.9 cm³/mol. The fraction of sp³-hybridized carbons (Fsp3) is 0. The topological polar surface area (TPSA) is 55.1 Å². The Morgan fingerprint density at radius 3 is 2.50 bits per heavy atom. The second-order valence-corrected chi connectivity index (χ2v) is 3.72. The third kappa shape index (κ3) is 1.77. The molecular weight excluding hydrogens is 251 g/mol. The molecule has 0 amide bonds. The molecule has 0 radical (unpaired) electrons. The molecule has 0 unspecified atom stereocenters. The van der Waals surface area contributed by atoms with Gasteiger partial charge in [0.05, 0.1) is 5.56 Å². The van der Waals surface area contributed by atoms with E-state index < -0.39 is 5.97 Å². The number of carboxylic acid groups (broad SMARTS) is 1. The van der Waals surface area contributed by atoms with E-state index in [4.69, 9.17) is 28.5 Å². The molecule has 0 aliphatic rings. The zero-order valence-electron chi connectivity index (χ0n) is 7.89. The summed E-state index contributed by atoms with van der Waals surface area (Å²) in [4.78, 5) is 11.0. The van der Waals surface area contributed by atoms with Crippen molar-refractivity contribution in [2.45, 2.75) is 0 Å². The van der Waals surface area contributed by atoms with Gasteiger partial charge in [-0.05, 0) is 5.56 Å². The largest absolute Gasteiger partial charge is 0.476 e. The number of nitrogens with zero attached hydrogens (tertiary/aromatic N) is 2. The molecule has 2 aromatic rings. The molecule has 1 aromatic carbocycles. The fourth-order valence-electron chi connectivity index (χ4n) is 1.38. The minimum absolute atomic E-state index is 0.0882. The number of aromatic carboxylic acids is 1. The highest BCUT2D eigenvalue weighted by Crippen LogP contribution is 2.31. The van der Waals surface area contributed by atoms with Crippen LogP contribution in [0.25, 0.3) is 11.1 Å². The lowest BCUT2D eigenvalue weighted by Crippen LogP contribution is -1.99. The normalized spacial score (nSPS) is 10.4. The molecule has 1 aromatic heterocycles. The van der Waals surface area contributed by atoms with Gasteiger partial charge in [0.1, 0.15) is 0 Å². The number of hydrogen-bond acceptors (Lipinski definition) is 2. The summed E-state index contributed by atoms with van der Waals surface area (Å²) in [7, 11) is 0. The van der Waals surface area contributed by atoms with Crippen LogP contribution in [0.5, 0.6) is 0 Å². The quantitative estimate of drug-likeness (QED) is 0.899. The van der Waals surface area contributed by atoms with Crippen LogP contribution in [0.4, 0.5) is 0 Å². The van der Waals surface area contributed by atoms with E-state index >= 15 is 0 Å². The predicted octanol–water partition coefficient (Wildman–Crippen LogP) is 2.90. The number of hydrogen-bond donors (Lipinski definition) is 1. The van der Waals surface area contributed by atoms with Gasteiger partial charge in [-0.2, -0.15) is 4.20 Å². The highest BCUT2D eigenvalue weighted by atomic mass is 35.5. The van der Waals surface area contributed by atoms with Gasteiger partial charge in [-0.3, -0.25) is 0 Å². The van der Waals surface area contributed by atoms with Crippen molar-refractivity contribution in [1.82, 2.24) is 9.30 Å². The average molecular weight is 257 g/mol. The summed E-state index contributed by atoms with van der Waals surface area (Å²) in [5.41, 5.74) is 0.827. The summed E-state index contributed by atoms with van der Waals surface area (Å²) < 4.78 is 0.827. The maximum Gasteiger partial charge on any atom is 0.357 e. The Labute approximate surface area is 101 Å². The van der Waals surface area contributed by atoms with Gasteiger partial charge >= 0.3 is 5.97 Å². The van der Waals surface area contributed by atoms with E-state index in [1.165, 1.54) is 0 Å². The summed E-state index contributed by atoms with van der Waals surface area (Å²) in [6, 6.07) is 8.87. The third-order valence-corrected chi connectivity index (χ3v) is 2.74. The summed E-state index contributed by atoms with van der Waals surface area (Å²) in [6.45, 7) is 0. The Kier molecular flexibility index (Phi) is 2.85. The number of benzene rings is 1. The Balaban J connectivity index is 2.68. The van der Waals surface area contributed by atoms with E-state index in [0.717, 1.165) is 4.20 Å². The van der Waals surface area contributed by atoms with Crippen LogP contribution in [-0.4, -0.2) is 20.4 Å². The van der Waals surface area contributed by atoms with E-state index in [1.807, 2.05) is 6.07 Å². The number of rotatable bonds is 2. The third-order valence-electron chi connectivity index (χ3n) is 2.06. The first-order valence-electron chi connectivity index (χ1n) is 4.34. The van der Waals surface area contributed by atoms with Gasteiger partial charge in [0, 0.05) is 11.8 Å². The second kappa shape index (κ2) is 4.15. The molecule has 6 heteroatoms. The molecular formula is C10H6Cl2N2O2. The molecule has 0 aliphatic carbocycles. The smallest absolute Gasteiger partial charge is 0.357 e. The monoisotopic (exact) mass is 256 g/mol. The van der Waals surface area contributed by atoms with Crippen molar-refractivity contribution in [1.29, 1.82) is 0 Å². The van der Waals surface area contributed by atoms with Gasteiger partial charge in [0.25, 0.3) is 0 Å². The molecule has 0 atom stereocenters. The lowest BCUT2D eigenvalue weighted by atomic mass is 10.1. The van der Waals surface area contributed by atoms with Gasteiger partial charge in [-0.1, -0.05) is 41.9 Å². The fourth-order valence-corrected chi connectivity index (χ4v) is 1.78. The van der Waals surface area contributed by atoms with Crippen molar-refractivity contribution >= 4 is 29.3 Å². The standard InChI is InChI=1S/C10H6Cl2N2O2/c11-9-7(6-4-2-1-3-5-6)8(10(15)16)13-14(9)12/h1-5H,(H,15,16). The van der Waals surface area contributed by atoms with Gasteiger partial charge in [0.15, 0.2) is 10.8 Å². The first-order valence-corrected chi connectivity index (χ1v) is 5.06. The maximum absolute atomic E-state index is 11.0. The highest BCUT2D eigenvalue weighted by molar-refractivity contribution is 6.36. The summed E-state index contributed by atoms with van der Waals surface area (Å²) in [5, 5.41) is 12.7. The number of aromatic nitrogens is 2. The van der Waals surface area contributed by atoms with Crippen LogP contribution in [0.15, 0.2) is 30.3 Å². The average Bonchev–Trinajstić information content (AvgIpc) is 2.57. The number of carboxylic acids is 1. The molecule has 0 saturated heterocycles. The summed E-state index contributed by atoms with van der Waals surface area (Å²) in [6.07, 6.45) is 0. The molecule has 82 valence electrons.